The number of benzene rings is 1. The van der Waals surface area contributed by atoms with Crippen LogP contribution in [0.25, 0.3) is 0 Å². The fourth-order valence-electron chi connectivity index (χ4n) is 2.52. The third-order valence-electron chi connectivity index (χ3n) is 3.91. The highest BCUT2D eigenvalue weighted by atomic mass is 28.4. The quantitative estimate of drug-likeness (QED) is 0.520. The summed E-state index contributed by atoms with van der Waals surface area (Å²) in [6, 6.07) is 11.0. The maximum absolute atomic E-state index is 5.99. The second-order valence-corrected chi connectivity index (χ2v) is 11.2. The van der Waals surface area contributed by atoms with E-state index in [4.69, 9.17) is 4.12 Å². The van der Waals surface area contributed by atoms with E-state index < -0.39 is 8.32 Å². The van der Waals surface area contributed by atoms with Crippen LogP contribution in [0, 0.1) is 0 Å². The van der Waals surface area contributed by atoms with Gasteiger partial charge in [0.25, 0.3) is 0 Å². The van der Waals surface area contributed by atoms with Crippen LogP contribution in [0.15, 0.2) is 30.3 Å². The lowest BCUT2D eigenvalue weighted by Crippen LogP contribution is -2.38. The fourth-order valence-corrected chi connectivity index (χ4v) is 5.55. The highest BCUT2D eigenvalue weighted by Crippen LogP contribution is 2.32. The second-order valence-electron chi connectivity index (χ2n) is 5.62. The van der Waals surface area contributed by atoms with Crippen LogP contribution in [0.2, 0.25) is 13.1 Å². The van der Waals surface area contributed by atoms with E-state index in [1.807, 2.05) is 0 Å². The monoisotopic (exact) mass is 280 g/mol. The van der Waals surface area contributed by atoms with Gasteiger partial charge in [0.1, 0.15) is 10.5 Å². The molecule has 1 aromatic rings. The van der Waals surface area contributed by atoms with E-state index in [9.17, 15) is 0 Å². The Hall–Kier alpha value is -0.386. The number of rotatable bonds is 8. The van der Waals surface area contributed by atoms with Crippen molar-refractivity contribution in [1.29, 1.82) is 0 Å². The molecule has 0 saturated heterocycles. The van der Waals surface area contributed by atoms with Gasteiger partial charge in [-0.1, -0.05) is 62.9 Å². The van der Waals surface area contributed by atoms with Crippen LogP contribution in [0.4, 0.5) is 0 Å². The Kier molecular flexibility index (Phi) is 6.90. The van der Waals surface area contributed by atoms with Crippen molar-refractivity contribution in [2.24, 2.45) is 0 Å². The van der Waals surface area contributed by atoms with Crippen molar-refractivity contribution in [2.45, 2.75) is 57.7 Å². The minimum atomic E-state index is -1.55. The van der Waals surface area contributed by atoms with E-state index in [0.717, 1.165) is 10.5 Å². The largest absolute Gasteiger partial charge is 0.463 e. The highest BCUT2D eigenvalue weighted by molar-refractivity contribution is 6.75. The van der Waals surface area contributed by atoms with Gasteiger partial charge >= 0.3 is 0 Å². The van der Waals surface area contributed by atoms with Crippen molar-refractivity contribution >= 4 is 18.8 Å². The van der Waals surface area contributed by atoms with Crippen molar-refractivity contribution in [1.82, 2.24) is 0 Å². The SMILES string of the molecule is CCCCCCC(c1ccccc1)[Si](C)(C)O[SiH3]. The van der Waals surface area contributed by atoms with Crippen molar-refractivity contribution in [2.75, 3.05) is 0 Å². The zero-order valence-electron chi connectivity index (χ0n) is 12.4. The van der Waals surface area contributed by atoms with Crippen LogP contribution in [-0.2, 0) is 4.12 Å². The summed E-state index contributed by atoms with van der Waals surface area (Å²) in [5.74, 6) is 0. The van der Waals surface area contributed by atoms with Crippen LogP contribution >= 0.6 is 0 Å². The first-order valence-corrected chi connectivity index (χ1v) is 11.0. The van der Waals surface area contributed by atoms with Gasteiger partial charge < -0.3 is 4.12 Å². The molecule has 0 heterocycles. The number of hydrogen-bond acceptors (Lipinski definition) is 1. The van der Waals surface area contributed by atoms with Crippen LogP contribution in [-0.4, -0.2) is 18.8 Å². The van der Waals surface area contributed by atoms with Crippen molar-refractivity contribution < 1.29 is 4.12 Å². The average Bonchev–Trinajstić information content (AvgIpc) is 2.39. The summed E-state index contributed by atoms with van der Waals surface area (Å²) in [7, 11) is -0.678. The van der Waals surface area contributed by atoms with Gasteiger partial charge in [-0.05, 0) is 25.1 Å². The first-order valence-electron chi connectivity index (χ1n) is 7.22. The Labute approximate surface area is 117 Å². The molecule has 0 aliphatic rings. The fraction of sp³-hybridized carbons (Fsp3) is 0.600. The molecule has 18 heavy (non-hydrogen) atoms. The van der Waals surface area contributed by atoms with Gasteiger partial charge in [0.05, 0.1) is 0 Å². The first kappa shape index (κ1) is 15.7. The van der Waals surface area contributed by atoms with E-state index in [1.165, 1.54) is 37.7 Å². The second kappa shape index (κ2) is 7.92. The summed E-state index contributed by atoms with van der Waals surface area (Å²) in [6.07, 6.45) is 6.69. The zero-order chi connectivity index (χ0) is 13.4. The molecule has 0 aliphatic heterocycles. The van der Waals surface area contributed by atoms with E-state index in [-0.39, 0.29) is 0 Å². The lowest BCUT2D eigenvalue weighted by molar-refractivity contribution is 0.542. The molecule has 1 aromatic carbocycles. The molecule has 0 amide bonds. The van der Waals surface area contributed by atoms with E-state index >= 15 is 0 Å². The molecular formula is C15H28OSi2. The summed E-state index contributed by atoms with van der Waals surface area (Å²) < 4.78 is 5.99. The van der Waals surface area contributed by atoms with E-state index in [2.05, 4.69) is 50.3 Å². The lowest BCUT2D eigenvalue weighted by Gasteiger charge is -2.32. The van der Waals surface area contributed by atoms with E-state index in [1.54, 1.807) is 0 Å². The van der Waals surface area contributed by atoms with Gasteiger partial charge in [0.15, 0.2) is 8.32 Å². The molecule has 1 rings (SSSR count). The molecule has 3 heteroatoms. The zero-order valence-corrected chi connectivity index (χ0v) is 15.4. The minimum Gasteiger partial charge on any atom is -0.463 e. The average molecular weight is 281 g/mol. The van der Waals surface area contributed by atoms with Gasteiger partial charge in [-0.2, -0.15) is 0 Å². The van der Waals surface area contributed by atoms with E-state index in [0.29, 0.717) is 5.54 Å². The topological polar surface area (TPSA) is 9.23 Å². The molecule has 0 saturated carbocycles. The third-order valence-corrected chi connectivity index (χ3v) is 10.4. The Morgan fingerprint density at radius 2 is 1.78 bits per heavy atom. The molecule has 0 fully saturated rings. The molecule has 0 radical (unpaired) electrons. The molecule has 0 spiro atoms. The Balaban J connectivity index is 2.70. The van der Waals surface area contributed by atoms with Crippen LogP contribution in [0.5, 0.6) is 0 Å². The Bertz CT molecular complexity index is 325. The molecule has 0 aliphatic carbocycles. The van der Waals surface area contributed by atoms with Crippen LogP contribution < -0.4 is 0 Å². The number of hydrogen-bond donors (Lipinski definition) is 0. The van der Waals surface area contributed by atoms with Gasteiger partial charge in [-0.15, -0.1) is 0 Å². The smallest absolute Gasteiger partial charge is 0.180 e. The molecule has 1 atom stereocenters. The maximum atomic E-state index is 5.99. The standard InChI is InChI=1S/C15H28OSi2/c1-4-5-6-10-13-15(18(2,3)16-17)14-11-8-7-9-12-14/h7-9,11-12,15H,4-6,10,13H2,1-3,17H3. The van der Waals surface area contributed by atoms with Gasteiger partial charge in [-0.25, -0.2) is 0 Å². The lowest BCUT2D eigenvalue weighted by atomic mass is 10.0. The summed E-state index contributed by atoms with van der Waals surface area (Å²) in [6.45, 7) is 7.02. The molecule has 102 valence electrons. The molecule has 0 aromatic heterocycles. The first-order chi connectivity index (χ1) is 8.61. The summed E-state index contributed by atoms with van der Waals surface area (Å²) >= 11 is 0. The molecule has 0 bridgehead atoms. The summed E-state index contributed by atoms with van der Waals surface area (Å²) in [4.78, 5) is 0. The predicted molar refractivity (Wildman–Crippen MR) is 86.4 cm³/mol. The highest BCUT2D eigenvalue weighted by Gasteiger charge is 2.32. The normalized spacial score (nSPS) is 13.7. The summed E-state index contributed by atoms with van der Waals surface area (Å²) in [5, 5.41) is 0. The molecule has 1 nitrogen and oxygen atoms in total. The van der Waals surface area contributed by atoms with Crippen LogP contribution in [0.3, 0.4) is 0 Å². The molecule has 1 unspecified atom stereocenters. The van der Waals surface area contributed by atoms with Gasteiger partial charge in [0.2, 0.25) is 0 Å². The van der Waals surface area contributed by atoms with Gasteiger partial charge in [0, 0.05) is 5.54 Å². The Morgan fingerprint density at radius 1 is 1.11 bits per heavy atom. The predicted octanol–water partition coefficient (Wildman–Crippen LogP) is 3.78. The van der Waals surface area contributed by atoms with Gasteiger partial charge in [-0.3, -0.25) is 0 Å². The molecule has 0 N–H and O–H groups in total. The van der Waals surface area contributed by atoms with Crippen molar-refractivity contribution in [3.05, 3.63) is 35.9 Å². The van der Waals surface area contributed by atoms with Crippen LogP contribution in [0.1, 0.15) is 50.1 Å². The minimum absolute atomic E-state index is 0.660. The molecular weight excluding hydrogens is 252 g/mol. The van der Waals surface area contributed by atoms with Crippen molar-refractivity contribution in [3.8, 4) is 0 Å². The third kappa shape index (κ3) is 4.71. The van der Waals surface area contributed by atoms with Crippen molar-refractivity contribution in [3.63, 3.8) is 0 Å². The maximum Gasteiger partial charge on any atom is 0.180 e. The summed E-state index contributed by atoms with van der Waals surface area (Å²) in [5.41, 5.74) is 2.15. The Morgan fingerprint density at radius 3 is 2.33 bits per heavy atom. The number of unbranched alkanes of at least 4 members (excludes halogenated alkanes) is 3.